The van der Waals surface area contributed by atoms with Crippen molar-refractivity contribution in [2.75, 3.05) is 0 Å². The maximum Gasteiger partial charge on any atom is 0 e. The highest BCUT2D eigenvalue weighted by Crippen LogP contribution is 2.42. The van der Waals surface area contributed by atoms with E-state index in [1.807, 2.05) is 0 Å². The average Bonchev–Trinajstić information content (AvgIpc) is 3.26. The molecule has 0 aliphatic heterocycles. The van der Waals surface area contributed by atoms with Gasteiger partial charge in [-0.25, -0.2) is 0 Å². The van der Waals surface area contributed by atoms with Gasteiger partial charge in [0.05, 0.1) is 0 Å². The highest BCUT2D eigenvalue weighted by Gasteiger charge is 2.31. The number of rotatable bonds is 3. The van der Waals surface area contributed by atoms with Gasteiger partial charge in [0.25, 0.3) is 0 Å². The maximum absolute atomic E-state index is 8.00. The van der Waals surface area contributed by atoms with E-state index in [0.717, 1.165) is 41.4 Å². The lowest BCUT2D eigenvalue weighted by Gasteiger charge is -2.37. The van der Waals surface area contributed by atoms with Gasteiger partial charge in [-0.2, -0.15) is 0 Å². The lowest BCUT2D eigenvalue weighted by Crippen LogP contribution is -2.27. The van der Waals surface area contributed by atoms with Gasteiger partial charge in [-0.3, -0.25) is 4.70 Å². The molecule has 3 fully saturated rings. The molecule has 3 aromatic carbocycles. The summed E-state index contributed by atoms with van der Waals surface area (Å²) in [4.78, 5) is 0. The topological polar surface area (TPSA) is 0 Å². The largest absolute Gasteiger partial charge is 0.269 e. The minimum absolute atomic E-state index is 0. The van der Waals surface area contributed by atoms with Gasteiger partial charge >= 0.3 is 0 Å². The number of benzene rings is 3. The Balaban J connectivity index is -0.000000330. The van der Waals surface area contributed by atoms with Crippen molar-refractivity contribution in [2.24, 2.45) is 29.6 Å². The van der Waals surface area contributed by atoms with Crippen LogP contribution in [0.25, 0.3) is 0 Å². The summed E-state index contributed by atoms with van der Waals surface area (Å²) in [7, 11) is 0. The van der Waals surface area contributed by atoms with Crippen LogP contribution in [0.5, 0.6) is 0 Å². The molecule has 0 radical (unpaired) electrons. The average molecular weight is 855 g/mol. The fourth-order valence-electron chi connectivity index (χ4n) is 8.42. The van der Waals surface area contributed by atoms with Gasteiger partial charge < -0.3 is 0 Å². The standard InChI is InChI=1S/3C15H22.6F2.FH/c1-11-5-8-14(9-6-11)15-10-12(2)4-7-13(15)3;1-12-7-9-15(3,10-8-12)14-6-4-5-13(2)11-14;1-11-5-4-6-14(9-11)15-10-12(2)7-8-13(15)3;6*1-2;/h5-6,8-9,12-13,15H,4,7,10H2,1-3H3;4-6,11-12H,7-10H2,1-3H3;4-6,9,12-13,15H,7-8,10H2,1-3H3;;;;;;;1H. The third-order valence-corrected chi connectivity index (χ3v) is 12.0. The second-order valence-corrected chi connectivity index (χ2v) is 16.4. The van der Waals surface area contributed by atoms with Crippen molar-refractivity contribution in [3.05, 3.63) is 106 Å². The van der Waals surface area contributed by atoms with Crippen LogP contribution in [0, 0.1) is 50.4 Å². The van der Waals surface area contributed by atoms with Crippen LogP contribution in [0.4, 0.5) is 59.6 Å². The van der Waals surface area contributed by atoms with Gasteiger partial charge in [0.2, 0.25) is 0 Å². The van der Waals surface area contributed by atoms with Crippen molar-refractivity contribution >= 4 is 0 Å². The molecule has 3 aromatic rings. The van der Waals surface area contributed by atoms with Crippen LogP contribution in [0.3, 0.4) is 0 Å². The quantitative estimate of drug-likeness (QED) is 0.230. The smallest absolute Gasteiger partial charge is 0 e. The van der Waals surface area contributed by atoms with Crippen LogP contribution in [-0.4, -0.2) is 0 Å². The minimum atomic E-state index is 0. The zero-order chi connectivity index (χ0) is 44.6. The zero-order valence-electron chi connectivity index (χ0n) is 35.5. The van der Waals surface area contributed by atoms with Crippen LogP contribution in [0.1, 0.15) is 151 Å². The Morgan fingerprint density at radius 3 is 1.24 bits per heavy atom. The van der Waals surface area contributed by atoms with Gasteiger partial charge in [0.15, 0.2) is 0 Å². The van der Waals surface area contributed by atoms with E-state index in [2.05, 4.69) is 135 Å². The third-order valence-electron chi connectivity index (χ3n) is 12.0. The molecule has 0 heterocycles. The van der Waals surface area contributed by atoms with Crippen molar-refractivity contribution in [3.63, 3.8) is 0 Å². The Morgan fingerprint density at radius 2 is 0.828 bits per heavy atom. The normalized spacial score (nSPS) is 25.1. The molecule has 0 spiro atoms. The summed E-state index contributed by atoms with van der Waals surface area (Å²) in [5.41, 5.74) is 9.28. The maximum atomic E-state index is 8.00. The van der Waals surface area contributed by atoms with E-state index in [1.165, 1.54) is 80.9 Å². The van der Waals surface area contributed by atoms with E-state index in [1.54, 1.807) is 16.7 Å². The lowest BCUT2D eigenvalue weighted by molar-refractivity contribution is 0.108. The number of hydrogen-bond acceptors (Lipinski definition) is 0. The van der Waals surface area contributed by atoms with E-state index in [9.17, 15) is 0 Å². The van der Waals surface area contributed by atoms with Crippen LogP contribution in [0.15, 0.2) is 72.8 Å². The molecule has 3 saturated carbocycles. The Kier molecular flexibility index (Phi) is 39.0. The van der Waals surface area contributed by atoms with Crippen LogP contribution >= 0.6 is 0 Å². The first-order valence-electron chi connectivity index (χ1n) is 19.5. The summed E-state index contributed by atoms with van der Waals surface area (Å²) in [5.74, 6) is 6.08. The van der Waals surface area contributed by atoms with Gasteiger partial charge in [-0.1, -0.05) is 144 Å². The van der Waals surface area contributed by atoms with Crippen molar-refractivity contribution in [3.8, 4) is 0 Å². The summed E-state index contributed by atoms with van der Waals surface area (Å²) in [6, 6.07) is 27.3. The highest BCUT2D eigenvalue weighted by molar-refractivity contribution is 5.30. The molecule has 13 heteroatoms. The Hall–Kier alpha value is -3.25. The molecule has 58 heavy (non-hydrogen) atoms. The number of halogens is 13. The fraction of sp³-hybridized carbons (Fsp3) is 0.600. The molecule has 0 amide bonds. The summed E-state index contributed by atoms with van der Waals surface area (Å²) in [6.07, 6.45) is 13.9. The molecular formula is C45H67F13. The Bertz CT molecular complexity index is 1330. The van der Waals surface area contributed by atoms with Crippen molar-refractivity contribution < 1.29 is 59.6 Å². The van der Waals surface area contributed by atoms with Crippen LogP contribution in [0.2, 0.25) is 0 Å². The van der Waals surface area contributed by atoms with Gasteiger partial charge in [0.1, 0.15) is 0 Å². The Labute approximate surface area is 338 Å². The fourth-order valence-corrected chi connectivity index (χ4v) is 8.42. The first-order valence-corrected chi connectivity index (χ1v) is 19.5. The highest BCUT2D eigenvalue weighted by atomic mass is 20.0. The van der Waals surface area contributed by atoms with Gasteiger partial charge in [-0.05, 0) is 136 Å². The summed E-state index contributed by atoms with van der Waals surface area (Å²) in [6.45, 7) is 21.0. The predicted octanol–water partition coefficient (Wildman–Crippen LogP) is 18.7. The third kappa shape index (κ3) is 22.8. The molecular weight excluding hydrogens is 787 g/mol. The molecule has 6 atom stereocenters. The number of hydrogen-bond donors (Lipinski definition) is 0. The van der Waals surface area contributed by atoms with Crippen molar-refractivity contribution in [1.82, 2.24) is 0 Å². The molecule has 6 unspecified atom stereocenters. The minimum Gasteiger partial charge on any atom is -0.269 e. The second-order valence-electron chi connectivity index (χ2n) is 16.4. The molecule has 0 aromatic heterocycles. The molecule has 0 nitrogen and oxygen atoms in total. The van der Waals surface area contributed by atoms with E-state index < -0.39 is 0 Å². The van der Waals surface area contributed by atoms with E-state index in [-0.39, 0.29) is 4.70 Å². The molecule has 6 rings (SSSR count). The van der Waals surface area contributed by atoms with Crippen LogP contribution in [-0.2, 0) is 5.41 Å². The van der Waals surface area contributed by atoms with Gasteiger partial charge in [0, 0.05) is 54.9 Å². The molecule has 3 aliphatic rings. The lowest BCUT2D eigenvalue weighted by atomic mass is 9.68. The molecule has 0 bridgehead atoms. The summed E-state index contributed by atoms with van der Waals surface area (Å²) >= 11 is 0. The van der Waals surface area contributed by atoms with Gasteiger partial charge in [-0.15, -0.1) is 0 Å². The van der Waals surface area contributed by atoms with E-state index in [4.69, 9.17) is 54.9 Å². The van der Waals surface area contributed by atoms with Crippen LogP contribution < -0.4 is 0 Å². The zero-order valence-corrected chi connectivity index (χ0v) is 35.5. The predicted molar refractivity (Wildman–Crippen MR) is 214 cm³/mol. The first-order chi connectivity index (χ1) is 27.4. The van der Waals surface area contributed by atoms with E-state index in [0.29, 0.717) is 5.41 Å². The Morgan fingerprint density at radius 1 is 0.431 bits per heavy atom. The SMILES string of the molecule is Cc1ccc(C2CC(C)CCC2C)cc1.Cc1cccc(C2(C)CCC(C)CC2)c1.Cc1cccc(C2CC(C)CCC2C)c1.F.FF.FF.FF.FF.FF.FF. The summed E-state index contributed by atoms with van der Waals surface area (Å²) in [5, 5.41) is 0. The molecule has 338 valence electrons. The first kappa shape index (κ1) is 61.4. The van der Waals surface area contributed by atoms with Crippen molar-refractivity contribution in [1.29, 1.82) is 0 Å². The number of aryl methyl sites for hydroxylation is 3. The van der Waals surface area contributed by atoms with E-state index >= 15 is 0 Å². The summed E-state index contributed by atoms with van der Waals surface area (Å²) < 4.78 is 96.0. The molecule has 0 N–H and O–H groups in total. The second kappa shape index (κ2) is 36.8. The monoisotopic (exact) mass is 855 g/mol. The van der Waals surface area contributed by atoms with Crippen molar-refractivity contribution in [2.45, 2.75) is 144 Å². The molecule has 3 aliphatic carbocycles. The molecule has 0 saturated heterocycles.